The molecule has 1 aromatic heterocycles. The smallest absolute Gasteiger partial charge is 0.139 e. The van der Waals surface area contributed by atoms with E-state index < -0.39 is 0 Å². The summed E-state index contributed by atoms with van der Waals surface area (Å²) in [4.78, 5) is 4.27. The summed E-state index contributed by atoms with van der Waals surface area (Å²) >= 11 is 1.44. The highest BCUT2D eigenvalue weighted by Gasteiger charge is 2.38. The van der Waals surface area contributed by atoms with E-state index in [1.807, 2.05) is 6.92 Å². The molecule has 2 rings (SSSR count). The van der Waals surface area contributed by atoms with Crippen molar-refractivity contribution in [3.05, 3.63) is 10.8 Å². The lowest BCUT2D eigenvalue weighted by atomic mass is 9.76. The monoisotopic (exact) mass is 213 g/mol. The van der Waals surface area contributed by atoms with Gasteiger partial charge >= 0.3 is 0 Å². The maximum Gasteiger partial charge on any atom is 0.139 e. The first kappa shape index (κ1) is 10.0. The van der Waals surface area contributed by atoms with Gasteiger partial charge in [-0.05, 0) is 38.2 Å². The quantitative estimate of drug-likeness (QED) is 0.781. The van der Waals surface area contributed by atoms with Crippen LogP contribution in [0.15, 0.2) is 0 Å². The van der Waals surface area contributed by atoms with E-state index in [1.54, 1.807) is 0 Å². The molecule has 0 radical (unpaired) electrons. The topological polar surface area (TPSA) is 58.0 Å². The number of aliphatic hydroxyl groups excluding tert-OH is 1. The fraction of sp³-hybridized carbons (Fsp3) is 0.778. The summed E-state index contributed by atoms with van der Waals surface area (Å²) < 4.78 is 4.12. The number of aryl methyl sites for hydroxylation is 1. The second-order valence-electron chi connectivity index (χ2n) is 4.21. The first-order chi connectivity index (χ1) is 6.57. The molecule has 2 N–H and O–H groups in total. The van der Waals surface area contributed by atoms with Gasteiger partial charge in [0.05, 0.1) is 6.10 Å². The molecule has 1 aliphatic rings. The van der Waals surface area contributed by atoms with Crippen molar-refractivity contribution in [2.24, 2.45) is 0 Å². The molecule has 78 valence electrons. The minimum atomic E-state index is -0.122. The number of hydrogen-bond acceptors (Lipinski definition) is 5. The highest BCUT2D eigenvalue weighted by atomic mass is 32.1. The predicted molar refractivity (Wildman–Crippen MR) is 55.1 cm³/mol. The molecule has 1 saturated carbocycles. The van der Waals surface area contributed by atoms with E-state index in [0.717, 1.165) is 30.2 Å². The van der Waals surface area contributed by atoms with Crippen LogP contribution in [0.25, 0.3) is 0 Å². The van der Waals surface area contributed by atoms with Gasteiger partial charge in [0, 0.05) is 12.1 Å². The standard InChI is InChI=1S/C9H15N3OS/c1-6-11-8(14-12-6)5-10-9(2)3-7(13)4-9/h7,10,13H,3-5H2,1-2H3. The number of aromatic nitrogens is 2. The van der Waals surface area contributed by atoms with Crippen molar-refractivity contribution < 1.29 is 5.11 Å². The summed E-state index contributed by atoms with van der Waals surface area (Å²) in [6.45, 7) is 4.79. The van der Waals surface area contributed by atoms with Crippen molar-refractivity contribution in [3.63, 3.8) is 0 Å². The van der Waals surface area contributed by atoms with Gasteiger partial charge in [-0.2, -0.15) is 4.37 Å². The van der Waals surface area contributed by atoms with Crippen molar-refractivity contribution in [2.75, 3.05) is 0 Å². The van der Waals surface area contributed by atoms with Crippen molar-refractivity contribution in [1.82, 2.24) is 14.7 Å². The third-order valence-electron chi connectivity index (χ3n) is 2.61. The zero-order valence-corrected chi connectivity index (χ0v) is 9.27. The summed E-state index contributed by atoms with van der Waals surface area (Å²) in [5.74, 6) is 0.839. The lowest BCUT2D eigenvalue weighted by molar-refractivity contribution is 0.0109. The van der Waals surface area contributed by atoms with E-state index in [-0.39, 0.29) is 11.6 Å². The zero-order valence-electron chi connectivity index (χ0n) is 8.45. The Hall–Kier alpha value is -0.520. The predicted octanol–water partition coefficient (Wildman–Crippen LogP) is 0.850. The Morgan fingerprint density at radius 1 is 1.64 bits per heavy atom. The molecule has 0 unspecified atom stereocenters. The van der Waals surface area contributed by atoms with Gasteiger partial charge in [-0.1, -0.05) is 0 Å². The maximum atomic E-state index is 9.22. The first-order valence-corrected chi connectivity index (χ1v) is 5.57. The summed E-state index contributed by atoms with van der Waals surface area (Å²) in [5, 5.41) is 13.6. The summed E-state index contributed by atoms with van der Waals surface area (Å²) in [5.41, 5.74) is 0.0962. The molecule has 0 spiro atoms. The molecule has 1 heterocycles. The van der Waals surface area contributed by atoms with Gasteiger partial charge in [0.2, 0.25) is 0 Å². The molecule has 4 nitrogen and oxygen atoms in total. The SMILES string of the molecule is Cc1nsc(CNC2(C)CC(O)C2)n1. The molecule has 1 aromatic rings. The first-order valence-electron chi connectivity index (χ1n) is 4.80. The Morgan fingerprint density at radius 3 is 2.86 bits per heavy atom. The minimum absolute atomic E-state index is 0.0962. The Kier molecular flexibility index (Phi) is 2.55. The van der Waals surface area contributed by atoms with Crippen LogP contribution in [0, 0.1) is 6.92 Å². The Morgan fingerprint density at radius 2 is 2.36 bits per heavy atom. The molecule has 14 heavy (non-hydrogen) atoms. The molecule has 0 aliphatic heterocycles. The van der Waals surface area contributed by atoms with Gasteiger partial charge in [0.25, 0.3) is 0 Å². The van der Waals surface area contributed by atoms with Gasteiger partial charge in [-0.25, -0.2) is 4.98 Å². The lowest BCUT2D eigenvalue weighted by Gasteiger charge is -2.43. The van der Waals surface area contributed by atoms with Crippen LogP contribution in [0.3, 0.4) is 0 Å². The van der Waals surface area contributed by atoms with Crippen molar-refractivity contribution in [3.8, 4) is 0 Å². The van der Waals surface area contributed by atoms with Gasteiger partial charge in [-0.15, -0.1) is 0 Å². The van der Waals surface area contributed by atoms with E-state index >= 15 is 0 Å². The minimum Gasteiger partial charge on any atom is -0.393 e. The van der Waals surface area contributed by atoms with Crippen LogP contribution >= 0.6 is 11.5 Å². The van der Waals surface area contributed by atoms with Gasteiger partial charge in [-0.3, -0.25) is 0 Å². The van der Waals surface area contributed by atoms with E-state index in [2.05, 4.69) is 21.6 Å². The summed E-state index contributed by atoms with van der Waals surface area (Å²) in [7, 11) is 0. The van der Waals surface area contributed by atoms with Crippen LogP contribution in [0.5, 0.6) is 0 Å². The van der Waals surface area contributed by atoms with Gasteiger partial charge in [0.1, 0.15) is 10.8 Å². The Balaban J connectivity index is 1.83. The maximum absolute atomic E-state index is 9.22. The van der Waals surface area contributed by atoms with Crippen LogP contribution in [0.4, 0.5) is 0 Å². The summed E-state index contributed by atoms with van der Waals surface area (Å²) in [6, 6.07) is 0. The average molecular weight is 213 g/mol. The third kappa shape index (κ3) is 2.10. The number of rotatable bonds is 3. The fourth-order valence-electron chi connectivity index (χ4n) is 1.83. The van der Waals surface area contributed by atoms with Crippen LogP contribution < -0.4 is 5.32 Å². The van der Waals surface area contributed by atoms with Crippen molar-refractivity contribution in [1.29, 1.82) is 0 Å². The fourth-order valence-corrected chi connectivity index (χ4v) is 2.41. The van der Waals surface area contributed by atoms with E-state index in [9.17, 15) is 5.11 Å². The molecule has 0 atom stereocenters. The molecular formula is C9H15N3OS. The second kappa shape index (κ2) is 3.56. The molecule has 0 aromatic carbocycles. The second-order valence-corrected chi connectivity index (χ2v) is 5.05. The van der Waals surface area contributed by atoms with E-state index in [4.69, 9.17) is 0 Å². The lowest BCUT2D eigenvalue weighted by Crippen LogP contribution is -2.54. The van der Waals surface area contributed by atoms with Crippen molar-refractivity contribution in [2.45, 2.75) is 44.9 Å². The van der Waals surface area contributed by atoms with Crippen LogP contribution in [-0.2, 0) is 6.54 Å². The third-order valence-corrected chi connectivity index (χ3v) is 3.41. The molecule has 0 amide bonds. The zero-order chi connectivity index (χ0) is 10.2. The Bertz CT molecular complexity index is 320. The molecule has 5 heteroatoms. The van der Waals surface area contributed by atoms with Crippen molar-refractivity contribution >= 4 is 11.5 Å². The summed E-state index contributed by atoms with van der Waals surface area (Å²) in [6.07, 6.45) is 1.55. The molecule has 0 bridgehead atoms. The Labute approximate surface area is 87.5 Å². The van der Waals surface area contributed by atoms with Crippen LogP contribution in [-0.4, -0.2) is 26.1 Å². The molecular weight excluding hydrogens is 198 g/mol. The number of aliphatic hydroxyl groups is 1. The van der Waals surface area contributed by atoms with Gasteiger partial charge < -0.3 is 10.4 Å². The number of nitrogens with zero attached hydrogens (tertiary/aromatic N) is 2. The highest BCUT2D eigenvalue weighted by Crippen LogP contribution is 2.31. The highest BCUT2D eigenvalue weighted by molar-refractivity contribution is 7.05. The van der Waals surface area contributed by atoms with Crippen LogP contribution in [0.1, 0.15) is 30.6 Å². The average Bonchev–Trinajstić information content (AvgIpc) is 2.46. The number of hydrogen-bond donors (Lipinski definition) is 2. The van der Waals surface area contributed by atoms with E-state index in [1.165, 1.54) is 11.5 Å². The largest absolute Gasteiger partial charge is 0.393 e. The molecule has 0 saturated heterocycles. The molecule has 1 aliphatic carbocycles. The molecule has 1 fully saturated rings. The number of nitrogens with one attached hydrogen (secondary N) is 1. The van der Waals surface area contributed by atoms with Crippen LogP contribution in [0.2, 0.25) is 0 Å². The van der Waals surface area contributed by atoms with E-state index in [0.29, 0.717) is 0 Å². The van der Waals surface area contributed by atoms with Gasteiger partial charge in [0.15, 0.2) is 0 Å². The normalized spacial score (nSPS) is 31.5.